The number of hydrogen-bond donors (Lipinski definition) is 1. The summed E-state index contributed by atoms with van der Waals surface area (Å²) in [6.45, 7) is 3.86. The van der Waals surface area contributed by atoms with Crippen molar-refractivity contribution in [3.63, 3.8) is 0 Å². The third kappa shape index (κ3) is 2.69. The maximum Gasteiger partial charge on any atom is 0.166 e. The van der Waals surface area contributed by atoms with Crippen molar-refractivity contribution in [1.29, 1.82) is 0 Å². The van der Waals surface area contributed by atoms with E-state index in [9.17, 15) is 5.11 Å². The van der Waals surface area contributed by atoms with Crippen LogP contribution >= 0.6 is 0 Å². The number of hydrogen-bond acceptors (Lipinski definition) is 5. The molecule has 0 bridgehead atoms. The van der Waals surface area contributed by atoms with E-state index in [0.29, 0.717) is 17.1 Å². The summed E-state index contributed by atoms with van der Waals surface area (Å²) < 4.78 is 5.47. The van der Waals surface area contributed by atoms with Crippen molar-refractivity contribution in [1.82, 2.24) is 15.0 Å². The molecule has 0 saturated carbocycles. The van der Waals surface area contributed by atoms with E-state index < -0.39 is 0 Å². The SMILES string of the molecule is CC(C)Oc1ccc(-c2ncncn2)c(O)c1. The predicted octanol–water partition coefficient (Wildman–Crippen LogP) is 2.03. The van der Waals surface area contributed by atoms with Crippen LogP contribution in [0.25, 0.3) is 11.4 Å². The molecular formula is C12H13N3O2. The van der Waals surface area contributed by atoms with Gasteiger partial charge in [0.05, 0.1) is 11.7 Å². The molecule has 0 unspecified atom stereocenters. The van der Waals surface area contributed by atoms with E-state index >= 15 is 0 Å². The fourth-order valence-electron chi connectivity index (χ4n) is 1.42. The number of aromatic nitrogens is 3. The van der Waals surface area contributed by atoms with Gasteiger partial charge in [0.1, 0.15) is 24.2 Å². The largest absolute Gasteiger partial charge is 0.507 e. The molecule has 0 amide bonds. The van der Waals surface area contributed by atoms with Crippen molar-refractivity contribution < 1.29 is 9.84 Å². The summed E-state index contributed by atoms with van der Waals surface area (Å²) in [6, 6.07) is 5.06. The van der Waals surface area contributed by atoms with E-state index in [1.165, 1.54) is 12.7 Å². The third-order valence-electron chi connectivity index (χ3n) is 2.08. The van der Waals surface area contributed by atoms with Gasteiger partial charge in [0.15, 0.2) is 5.82 Å². The van der Waals surface area contributed by atoms with Gasteiger partial charge in [-0.3, -0.25) is 0 Å². The van der Waals surface area contributed by atoms with Gasteiger partial charge >= 0.3 is 0 Å². The molecule has 17 heavy (non-hydrogen) atoms. The molecule has 0 fully saturated rings. The van der Waals surface area contributed by atoms with Crippen LogP contribution in [0.5, 0.6) is 11.5 Å². The van der Waals surface area contributed by atoms with Crippen molar-refractivity contribution in [2.45, 2.75) is 20.0 Å². The van der Waals surface area contributed by atoms with Crippen molar-refractivity contribution in [2.24, 2.45) is 0 Å². The molecule has 1 aromatic heterocycles. The molecule has 0 aliphatic rings. The molecule has 0 aliphatic carbocycles. The fourth-order valence-corrected chi connectivity index (χ4v) is 1.42. The number of phenols is 1. The average molecular weight is 231 g/mol. The normalized spacial score (nSPS) is 10.5. The van der Waals surface area contributed by atoms with Gasteiger partial charge in [-0.05, 0) is 26.0 Å². The molecule has 2 rings (SSSR count). The van der Waals surface area contributed by atoms with Gasteiger partial charge in [-0.15, -0.1) is 0 Å². The van der Waals surface area contributed by atoms with E-state index in [1.807, 2.05) is 13.8 Å². The molecular weight excluding hydrogens is 218 g/mol. The van der Waals surface area contributed by atoms with Gasteiger partial charge < -0.3 is 9.84 Å². The Bertz CT molecular complexity index is 500. The molecule has 5 heteroatoms. The topological polar surface area (TPSA) is 68.1 Å². The van der Waals surface area contributed by atoms with E-state index in [0.717, 1.165) is 0 Å². The van der Waals surface area contributed by atoms with Crippen LogP contribution in [0, 0.1) is 0 Å². The molecule has 1 heterocycles. The second-order valence-corrected chi connectivity index (χ2v) is 3.81. The third-order valence-corrected chi connectivity index (χ3v) is 2.08. The zero-order chi connectivity index (χ0) is 12.3. The van der Waals surface area contributed by atoms with Gasteiger partial charge in [0, 0.05) is 6.07 Å². The summed E-state index contributed by atoms with van der Waals surface area (Å²) in [7, 11) is 0. The number of phenolic OH excluding ortho intramolecular Hbond substituents is 1. The molecule has 0 aliphatic heterocycles. The van der Waals surface area contributed by atoms with Gasteiger partial charge in [-0.25, -0.2) is 15.0 Å². The van der Waals surface area contributed by atoms with E-state index in [1.54, 1.807) is 18.2 Å². The molecule has 88 valence electrons. The van der Waals surface area contributed by atoms with Crippen LogP contribution in [-0.2, 0) is 0 Å². The molecule has 1 N–H and O–H groups in total. The van der Waals surface area contributed by atoms with Crippen LogP contribution in [-0.4, -0.2) is 26.2 Å². The van der Waals surface area contributed by atoms with Crippen molar-refractivity contribution in [3.8, 4) is 22.9 Å². The highest BCUT2D eigenvalue weighted by Crippen LogP contribution is 2.30. The molecule has 0 atom stereocenters. The lowest BCUT2D eigenvalue weighted by atomic mass is 10.2. The quantitative estimate of drug-likeness (QED) is 0.875. The van der Waals surface area contributed by atoms with Crippen LogP contribution in [0.15, 0.2) is 30.9 Å². The fraction of sp³-hybridized carbons (Fsp3) is 0.250. The summed E-state index contributed by atoms with van der Waals surface area (Å²) >= 11 is 0. The molecule has 5 nitrogen and oxygen atoms in total. The summed E-state index contributed by atoms with van der Waals surface area (Å²) in [5, 5.41) is 9.88. The first-order chi connectivity index (χ1) is 8.16. The number of nitrogens with zero attached hydrogens (tertiary/aromatic N) is 3. The summed E-state index contributed by atoms with van der Waals surface area (Å²) in [5.74, 6) is 1.15. The Morgan fingerprint density at radius 3 is 2.47 bits per heavy atom. The smallest absolute Gasteiger partial charge is 0.166 e. The number of rotatable bonds is 3. The van der Waals surface area contributed by atoms with Crippen molar-refractivity contribution in [3.05, 3.63) is 30.9 Å². The van der Waals surface area contributed by atoms with Crippen molar-refractivity contribution in [2.75, 3.05) is 0 Å². The van der Waals surface area contributed by atoms with Crippen LogP contribution < -0.4 is 4.74 Å². The Balaban J connectivity index is 2.32. The zero-order valence-electron chi connectivity index (χ0n) is 9.66. The standard InChI is InChI=1S/C12H13N3O2/c1-8(2)17-9-3-4-10(11(16)5-9)12-14-6-13-7-15-12/h3-8,16H,1-2H3. The summed E-state index contributed by atoms with van der Waals surface area (Å²) in [4.78, 5) is 11.7. The average Bonchev–Trinajstić information content (AvgIpc) is 2.29. The molecule has 2 aromatic rings. The number of aromatic hydroxyl groups is 1. The Labute approximate surface area is 99.2 Å². The first-order valence-electron chi connectivity index (χ1n) is 5.29. The lowest BCUT2D eigenvalue weighted by Gasteiger charge is -2.11. The first-order valence-corrected chi connectivity index (χ1v) is 5.29. The number of ether oxygens (including phenoxy) is 1. The van der Waals surface area contributed by atoms with Gasteiger partial charge in [0.2, 0.25) is 0 Å². The second-order valence-electron chi connectivity index (χ2n) is 3.81. The van der Waals surface area contributed by atoms with Crippen LogP contribution in [0.4, 0.5) is 0 Å². The molecule has 0 radical (unpaired) electrons. The number of benzene rings is 1. The Morgan fingerprint density at radius 1 is 1.18 bits per heavy atom. The lowest BCUT2D eigenvalue weighted by molar-refractivity contribution is 0.241. The maximum atomic E-state index is 9.88. The van der Waals surface area contributed by atoms with Gasteiger partial charge in [-0.1, -0.05) is 0 Å². The molecule has 1 aromatic carbocycles. The van der Waals surface area contributed by atoms with E-state index in [-0.39, 0.29) is 11.9 Å². The van der Waals surface area contributed by atoms with E-state index in [4.69, 9.17) is 4.74 Å². The minimum atomic E-state index is 0.0671. The summed E-state index contributed by atoms with van der Waals surface area (Å²) in [5.41, 5.74) is 0.559. The first kappa shape index (κ1) is 11.3. The minimum absolute atomic E-state index is 0.0671. The minimum Gasteiger partial charge on any atom is -0.507 e. The summed E-state index contributed by atoms with van der Waals surface area (Å²) in [6.07, 6.45) is 2.85. The Kier molecular flexibility index (Phi) is 3.18. The van der Waals surface area contributed by atoms with E-state index in [2.05, 4.69) is 15.0 Å². The van der Waals surface area contributed by atoms with Gasteiger partial charge in [0.25, 0.3) is 0 Å². The highest BCUT2D eigenvalue weighted by atomic mass is 16.5. The Hall–Kier alpha value is -2.17. The highest BCUT2D eigenvalue weighted by Gasteiger charge is 2.08. The predicted molar refractivity (Wildman–Crippen MR) is 62.7 cm³/mol. The molecule has 0 saturated heterocycles. The second kappa shape index (κ2) is 4.78. The zero-order valence-corrected chi connectivity index (χ0v) is 9.66. The highest BCUT2D eigenvalue weighted by molar-refractivity contribution is 5.64. The maximum absolute atomic E-state index is 9.88. The van der Waals surface area contributed by atoms with Crippen LogP contribution in [0.3, 0.4) is 0 Å². The van der Waals surface area contributed by atoms with Crippen LogP contribution in [0.2, 0.25) is 0 Å². The monoisotopic (exact) mass is 231 g/mol. The lowest BCUT2D eigenvalue weighted by Crippen LogP contribution is -2.05. The van der Waals surface area contributed by atoms with Gasteiger partial charge in [-0.2, -0.15) is 0 Å². The Morgan fingerprint density at radius 2 is 1.88 bits per heavy atom. The molecule has 0 spiro atoms. The van der Waals surface area contributed by atoms with Crippen molar-refractivity contribution >= 4 is 0 Å². The van der Waals surface area contributed by atoms with Crippen LogP contribution in [0.1, 0.15) is 13.8 Å².